The van der Waals surface area contributed by atoms with Crippen LogP contribution in [0.2, 0.25) is 0 Å². The zero-order valence-electron chi connectivity index (χ0n) is 30.8. The Morgan fingerprint density at radius 2 is 1.26 bits per heavy atom. The molecular weight excluding hydrogens is 942 g/mol. The minimum absolute atomic E-state index is 0. The van der Waals surface area contributed by atoms with Crippen LogP contribution < -0.4 is 56.3 Å². The summed E-state index contributed by atoms with van der Waals surface area (Å²) in [4.78, 5) is 12.5. The Balaban J connectivity index is 0.00000845. The van der Waals surface area contributed by atoms with E-state index in [0.717, 1.165) is 6.07 Å². The number of aliphatic imine (C=N–C) groups is 1. The molecule has 0 amide bonds. The molecule has 0 aliphatic rings. The minimum Gasteiger partial charge on any atom is -0.846 e. The first kappa shape index (κ1) is 49.3. The molecule has 0 aliphatic heterocycles. The van der Waals surface area contributed by atoms with Gasteiger partial charge in [0.15, 0.2) is 16.2 Å². The molecule has 1 aromatic heterocycles. The second-order valence-corrected chi connectivity index (χ2v) is 19.0. The second kappa shape index (κ2) is 18.9. The summed E-state index contributed by atoms with van der Waals surface area (Å²) in [6, 6.07) is 9.65. The second-order valence-electron chi connectivity index (χ2n) is 11.6. The third-order valence-corrected chi connectivity index (χ3v) is 12.2. The van der Waals surface area contributed by atoms with Gasteiger partial charge in [-0.1, -0.05) is 0 Å². The van der Waals surface area contributed by atoms with E-state index in [1.807, 2.05) is 6.34 Å². The van der Waals surface area contributed by atoms with Crippen molar-refractivity contribution in [3.8, 4) is 0 Å². The van der Waals surface area contributed by atoms with Gasteiger partial charge in [0.05, 0.1) is 33.9 Å². The molecule has 33 heteroatoms. The van der Waals surface area contributed by atoms with Crippen molar-refractivity contribution in [2.24, 2.45) is 21.0 Å². The Labute approximate surface area is 372 Å². The number of nitrogens with zero attached hydrogens (tertiary/aromatic N) is 6. The van der Waals surface area contributed by atoms with Crippen LogP contribution in [0.3, 0.4) is 0 Å². The molecule has 0 unspecified atom stereocenters. The maximum Gasteiger partial charge on any atom is 1.00 e. The molecular formula is C29H25N11NaO16S5. The Hall–Kier alpha value is -5.36. The molecule has 0 aliphatic carbocycles. The van der Waals surface area contributed by atoms with Gasteiger partial charge in [-0.05, 0) is 72.1 Å². The van der Waals surface area contributed by atoms with Crippen LogP contribution in [-0.2, 0) is 54.8 Å². The van der Waals surface area contributed by atoms with E-state index in [2.05, 4.69) is 50.3 Å². The average molecular weight is 967 g/mol. The van der Waals surface area contributed by atoms with E-state index in [9.17, 15) is 60.9 Å². The third-order valence-electron chi connectivity index (χ3n) is 7.41. The van der Waals surface area contributed by atoms with Crippen LogP contribution in [0, 0.1) is 5.41 Å². The fraction of sp³-hybridized carbons (Fsp3) is 0.0690. The van der Waals surface area contributed by atoms with Gasteiger partial charge in [-0.15, -0.1) is 10.2 Å². The number of aromatic nitrogens is 3. The zero-order chi connectivity index (χ0) is 45.1. The predicted octanol–water partition coefficient (Wildman–Crippen LogP) is -1.53. The summed E-state index contributed by atoms with van der Waals surface area (Å²) in [6.45, 7) is -0.842. The van der Waals surface area contributed by atoms with Crippen LogP contribution in [0.25, 0.3) is 10.8 Å². The Bertz CT molecular complexity index is 3210. The monoisotopic (exact) mass is 966 g/mol. The number of azo groups is 1. The normalized spacial score (nSPS) is 12.8. The van der Waals surface area contributed by atoms with Crippen molar-refractivity contribution in [3.05, 3.63) is 66.7 Å². The Morgan fingerprint density at radius 1 is 0.694 bits per heavy atom. The molecule has 0 atom stereocenters. The number of sulfone groups is 1. The van der Waals surface area contributed by atoms with Gasteiger partial charge in [-0.3, -0.25) is 23.6 Å². The molecule has 5 aromatic rings. The van der Waals surface area contributed by atoms with Gasteiger partial charge in [-0.25, -0.2) is 17.6 Å². The summed E-state index contributed by atoms with van der Waals surface area (Å²) in [7, 11) is -24.5. The van der Waals surface area contributed by atoms with Crippen molar-refractivity contribution in [2.45, 2.75) is 19.6 Å². The summed E-state index contributed by atoms with van der Waals surface area (Å²) in [5.74, 6) is -1.43. The van der Waals surface area contributed by atoms with Crippen LogP contribution >= 0.6 is 0 Å². The van der Waals surface area contributed by atoms with E-state index in [0.29, 0.717) is 24.3 Å². The number of anilines is 5. The fourth-order valence-corrected chi connectivity index (χ4v) is 8.41. The zero-order valence-corrected chi connectivity index (χ0v) is 36.8. The first-order chi connectivity index (χ1) is 28.2. The number of hydrogen-bond donors (Lipinski definition) is 9. The molecule has 0 saturated carbocycles. The van der Waals surface area contributed by atoms with E-state index in [-0.39, 0.29) is 75.0 Å². The van der Waals surface area contributed by atoms with E-state index in [4.69, 9.17) is 15.7 Å². The van der Waals surface area contributed by atoms with E-state index in [1.54, 1.807) is 0 Å². The van der Waals surface area contributed by atoms with Crippen LogP contribution in [-0.4, -0.2) is 100.0 Å². The maximum absolute atomic E-state index is 12.5. The largest absolute Gasteiger partial charge is 1.00 e. The first-order valence-corrected chi connectivity index (χ1v) is 23.1. The van der Waals surface area contributed by atoms with Gasteiger partial charge in [-0.2, -0.15) is 48.6 Å². The first-order valence-electron chi connectivity index (χ1n) is 15.8. The van der Waals surface area contributed by atoms with Gasteiger partial charge < -0.3 is 26.8 Å². The van der Waals surface area contributed by atoms with Gasteiger partial charge in [0.2, 0.25) is 17.8 Å². The smallest absolute Gasteiger partial charge is 0.846 e. The summed E-state index contributed by atoms with van der Waals surface area (Å²) in [6.07, 6.45) is 1.87. The summed E-state index contributed by atoms with van der Waals surface area (Å²) in [5.41, 5.74) is 4.19. The average Bonchev–Trinajstić information content (AvgIpc) is 3.12. The molecule has 0 bridgehead atoms. The minimum atomic E-state index is -5.24. The number of fused-ring (bicyclic) bond motifs is 1. The molecule has 0 saturated heterocycles. The summed E-state index contributed by atoms with van der Waals surface area (Å²) >= 11 is 0. The van der Waals surface area contributed by atoms with Crippen molar-refractivity contribution < 1.29 is 99.1 Å². The quantitative estimate of drug-likeness (QED) is 0.0127. The maximum atomic E-state index is 12.5. The summed E-state index contributed by atoms with van der Waals surface area (Å²) in [5, 5.41) is 33.6. The van der Waals surface area contributed by atoms with Crippen molar-refractivity contribution in [2.75, 3.05) is 28.3 Å². The molecule has 10 N–H and O–H groups in total. The van der Waals surface area contributed by atoms with Gasteiger partial charge in [0.1, 0.15) is 21.2 Å². The number of amidine groups is 1. The van der Waals surface area contributed by atoms with Gasteiger partial charge in [0.25, 0.3) is 30.4 Å². The fourth-order valence-electron chi connectivity index (χ4n) is 4.94. The molecule has 5 rings (SSSR count). The molecule has 323 valence electrons. The van der Waals surface area contributed by atoms with Crippen molar-refractivity contribution in [3.63, 3.8) is 0 Å². The number of hydrogen-bond acceptors (Lipinski definition) is 21. The van der Waals surface area contributed by atoms with Crippen LogP contribution in [0.15, 0.2) is 102 Å². The standard InChI is InChI=1S/C29H26N11O16S5.Na/c30-14-32-27-36-28(33-16-1-4-18(5-2-16)57(42,43)8-7-56-61(53,54)55)38-29(37-27)34-17-3-6-21(22(11-17)35-26(31)41)39-40-23-13-20-15(10-25(23)60(50,51)52)9-19(58(44,45)46)12-24(20)59(47,48)49;/h1-6,9-13H,7-8H2,(H3,31,35,41)(H,44,45,46)(H,47,48,49)(H,50,51,52)(H,53,54,55)(H4,30,32,33,34,36,37,38);/q;+1/p-1. The number of rotatable bonds is 17. The Morgan fingerprint density at radius 3 is 1.81 bits per heavy atom. The van der Waals surface area contributed by atoms with Crippen molar-refractivity contribution in [1.29, 1.82) is 5.41 Å². The molecule has 62 heavy (non-hydrogen) atoms. The molecule has 0 spiro atoms. The van der Waals surface area contributed by atoms with Crippen molar-refractivity contribution in [1.82, 2.24) is 15.0 Å². The van der Waals surface area contributed by atoms with E-state index >= 15 is 0 Å². The van der Waals surface area contributed by atoms with Crippen LogP contribution in [0.1, 0.15) is 0 Å². The Kier molecular flexibility index (Phi) is 15.1. The van der Waals surface area contributed by atoms with E-state index < -0.39 is 100 Å². The topological polar surface area (TPSA) is 446 Å². The molecule has 4 aromatic carbocycles. The predicted molar refractivity (Wildman–Crippen MR) is 209 cm³/mol. The van der Waals surface area contributed by atoms with Crippen LogP contribution in [0.5, 0.6) is 0 Å². The van der Waals surface area contributed by atoms with Crippen LogP contribution in [0.4, 0.5) is 46.3 Å². The molecule has 1 heterocycles. The third kappa shape index (κ3) is 13.1. The van der Waals surface area contributed by atoms with Crippen molar-refractivity contribution >= 4 is 120 Å². The van der Waals surface area contributed by atoms with Gasteiger partial charge in [0, 0.05) is 16.8 Å². The molecule has 0 fully saturated rings. The number of nitrogens with two attached hydrogens (primary N) is 1. The number of benzene rings is 4. The SMILES string of the molecule is N=[C]Nc1nc(Nc2ccc(S(=O)(=O)CCOS(=O)(=O)O)cc2)nc(Nc2ccc(N=Nc3cc4c(S(=O)(=O)O)cc(S(=O)(=O)O)cc4cc3S(=O)(=O)O)c(N=C(N)[O-])c2)n1.[Na+]. The number of nitrogens with one attached hydrogen (secondary N) is 4. The molecule has 1 radical (unpaired) electrons. The van der Waals surface area contributed by atoms with Gasteiger partial charge >= 0.3 is 40.0 Å². The summed E-state index contributed by atoms with van der Waals surface area (Å²) < 4.78 is 161. The molecule has 27 nitrogen and oxygen atoms in total. The van der Waals surface area contributed by atoms with E-state index in [1.165, 1.54) is 36.4 Å².